The molecule has 0 aromatic carbocycles. The van der Waals surface area contributed by atoms with Gasteiger partial charge in [-0.05, 0) is 33.7 Å². The standard InChI is InChI=1S/C10H22N4O3S/c1-8(2)18(16,17)13-10(9(11)12-15)4-6-14(3)7-5-10/h8,13,15H,4-7H2,1-3H3,(H2,11,12). The van der Waals surface area contributed by atoms with Gasteiger partial charge in [0.25, 0.3) is 0 Å². The number of rotatable bonds is 4. The third-order valence-electron chi connectivity index (χ3n) is 3.40. The molecule has 1 saturated heterocycles. The van der Waals surface area contributed by atoms with E-state index in [1.807, 2.05) is 7.05 Å². The molecule has 4 N–H and O–H groups in total. The van der Waals surface area contributed by atoms with Crippen LogP contribution in [0.4, 0.5) is 0 Å². The van der Waals surface area contributed by atoms with Gasteiger partial charge in [0.05, 0.1) is 10.8 Å². The molecule has 0 radical (unpaired) electrons. The fraction of sp³-hybridized carbons (Fsp3) is 0.900. The number of piperidine rings is 1. The highest BCUT2D eigenvalue weighted by atomic mass is 32.2. The smallest absolute Gasteiger partial charge is 0.214 e. The molecule has 8 heteroatoms. The van der Waals surface area contributed by atoms with Crippen LogP contribution in [0, 0.1) is 0 Å². The van der Waals surface area contributed by atoms with Gasteiger partial charge in [-0.15, -0.1) is 0 Å². The van der Waals surface area contributed by atoms with Crippen LogP contribution < -0.4 is 10.5 Å². The van der Waals surface area contributed by atoms with Crippen LogP contribution in [0.1, 0.15) is 26.7 Å². The van der Waals surface area contributed by atoms with E-state index in [0.717, 1.165) is 0 Å². The van der Waals surface area contributed by atoms with E-state index in [1.54, 1.807) is 13.8 Å². The number of amidine groups is 1. The topological polar surface area (TPSA) is 108 Å². The van der Waals surface area contributed by atoms with E-state index in [9.17, 15) is 8.42 Å². The number of hydrogen-bond acceptors (Lipinski definition) is 5. The minimum Gasteiger partial charge on any atom is -0.409 e. The molecule has 0 unspecified atom stereocenters. The molecule has 1 heterocycles. The van der Waals surface area contributed by atoms with Gasteiger partial charge in [0.2, 0.25) is 10.0 Å². The number of nitrogens with one attached hydrogen (secondary N) is 1. The van der Waals surface area contributed by atoms with Gasteiger partial charge in [-0.3, -0.25) is 0 Å². The lowest BCUT2D eigenvalue weighted by Gasteiger charge is -2.40. The highest BCUT2D eigenvalue weighted by Gasteiger charge is 2.42. The number of hydrogen-bond donors (Lipinski definition) is 3. The number of sulfonamides is 1. The molecule has 1 rings (SSSR count). The van der Waals surface area contributed by atoms with Crippen LogP contribution in [0.15, 0.2) is 5.16 Å². The average Bonchev–Trinajstić information content (AvgIpc) is 2.31. The van der Waals surface area contributed by atoms with Crippen molar-refractivity contribution in [3.8, 4) is 0 Å². The van der Waals surface area contributed by atoms with E-state index in [1.165, 1.54) is 0 Å². The lowest BCUT2D eigenvalue weighted by Crippen LogP contribution is -2.62. The molecule has 0 saturated carbocycles. The molecule has 0 atom stereocenters. The monoisotopic (exact) mass is 278 g/mol. The van der Waals surface area contributed by atoms with Crippen molar-refractivity contribution >= 4 is 15.9 Å². The maximum Gasteiger partial charge on any atom is 0.214 e. The Hall–Kier alpha value is -0.860. The van der Waals surface area contributed by atoms with Crippen molar-refractivity contribution in [1.29, 1.82) is 0 Å². The first-order chi connectivity index (χ1) is 8.23. The first-order valence-corrected chi connectivity index (χ1v) is 7.47. The summed E-state index contributed by atoms with van der Waals surface area (Å²) < 4.78 is 26.6. The fourth-order valence-electron chi connectivity index (χ4n) is 1.90. The van der Waals surface area contributed by atoms with E-state index >= 15 is 0 Å². The molecule has 0 aromatic rings. The molecule has 0 spiro atoms. The Balaban J connectivity index is 3.01. The highest BCUT2D eigenvalue weighted by Crippen LogP contribution is 2.23. The largest absolute Gasteiger partial charge is 0.409 e. The van der Waals surface area contributed by atoms with E-state index in [-0.39, 0.29) is 5.84 Å². The summed E-state index contributed by atoms with van der Waals surface area (Å²) in [5.74, 6) is -0.0696. The van der Waals surface area contributed by atoms with Crippen molar-refractivity contribution in [3.63, 3.8) is 0 Å². The van der Waals surface area contributed by atoms with Crippen molar-refractivity contribution in [2.75, 3.05) is 20.1 Å². The number of nitrogens with two attached hydrogens (primary N) is 1. The molecular weight excluding hydrogens is 256 g/mol. The predicted octanol–water partition coefficient (Wildman–Crippen LogP) is -0.475. The zero-order valence-electron chi connectivity index (χ0n) is 11.0. The second-order valence-electron chi connectivity index (χ2n) is 5.07. The van der Waals surface area contributed by atoms with Gasteiger partial charge >= 0.3 is 0 Å². The van der Waals surface area contributed by atoms with Crippen LogP contribution >= 0.6 is 0 Å². The van der Waals surface area contributed by atoms with Crippen LogP contribution in [-0.4, -0.2) is 55.3 Å². The Labute approximate surface area is 108 Å². The molecule has 1 aliphatic heterocycles. The molecule has 0 aliphatic carbocycles. The Morgan fingerprint density at radius 3 is 2.33 bits per heavy atom. The molecule has 1 fully saturated rings. The van der Waals surface area contributed by atoms with Gasteiger partial charge in [-0.1, -0.05) is 5.16 Å². The molecule has 0 bridgehead atoms. The zero-order chi connectivity index (χ0) is 14.0. The Morgan fingerprint density at radius 1 is 1.44 bits per heavy atom. The maximum atomic E-state index is 12.0. The van der Waals surface area contributed by atoms with E-state index < -0.39 is 20.8 Å². The SMILES string of the molecule is CC(C)S(=O)(=O)NC1(/C(N)=N/O)CCN(C)CC1. The van der Waals surface area contributed by atoms with Crippen molar-refractivity contribution in [1.82, 2.24) is 9.62 Å². The number of oxime groups is 1. The van der Waals surface area contributed by atoms with Crippen LogP contribution in [0.5, 0.6) is 0 Å². The molecule has 18 heavy (non-hydrogen) atoms. The van der Waals surface area contributed by atoms with Gasteiger partial charge in [-0.25, -0.2) is 13.1 Å². The second kappa shape index (κ2) is 5.41. The van der Waals surface area contributed by atoms with Crippen molar-refractivity contribution in [2.45, 2.75) is 37.5 Å². The van der Waals surface area contributed by atoms with Crippen LogP contribution in [-0.2, 0) is 10.0 Å². The Bertz CT molecular complexity index is 411. The summed E-state index contributed by atoms with van der Waals surface area (Å²) in [6.07, 6.45) is 0.983. The Kier molecular flexibility index (Phi) is 4.57. The summed E-state index contributed by atoms with van der Waals surface area (Å²) >= 11 is 0. The third kappa shape index (κ3) is 3.12. The van der Waals surface area contributed by atoms with Crippen LogP contribution in [0.25, 0.3) is 0 Å². The van der Waals surface area contributed by atoms with Gasteiger partial charge in [0.1, 0.15) is 0 Å². The summed E-state index contributed by atoms with van der Waals surface area (Å²) in [6.45, 7) is 4.57. The van der Waals surface area contributed by atoms with Crippen molar-refractivity contribution in [3.05, 3.63) is 0 Å². The van der Waals surface area contributed by atoms with E-state index in [2.05, 4.69) is 14.8 Å². The summed E-state index contributed by atoms with van der Waals surface area (Å²) in [5.41, 5.74) is 4.72. The van der Waals surface area contributed by atoms with Gasteiger partial charge < -0.3 is 15.8 Å². The van der Waals surface area contributed by atoms with Crippen molar-refractivity contribution in [2.24, 2.45) is 10.9 Å². The maximum absolute atomic E-state index is 12.0. The van der Waals surface area contributed by atoms with E-state index in [4.69, 9.17) is 10.9 Å². The molecule has 0 amide bonds. The molecular formula is C10H22N4O3S. The fourth-order valence-corrected chi connectivity index (χ4v) is 2.99. The quantitative estimate of drug-likeness (QED) is 0.279. The van der Waals surface area contributed by atoms with Crippen molar-refractivity contribution < 1.29 is 13.6 Å². The minimum atomic E-state index is -3.47. The molecule has 1 aliphatic rings. The van der Waals surface area contributed by atoms with Gasteiger partial charge in [0.15, 0.2) is 5.84 Å². The predicted molar refractivity (Wildman–Crippen MR) is 70.1 cm³/mol. The lowest BCUT2D eigenvalue weighted by molar-refractivity contribution is 0.213. The first-order valence-electron chi connectivity index (χ1n) is 5.93. The summed E-state index contributed by atoms with van der Waals surface area (Å²) in [5, 5.41) is 11.3. The van der Waals surface area contributed by atoms with Gasteiger partial charge in [0, 0.05) is 13.1 Å². The van der Waals surface area contributed by atoms with Crippen LogP contribution in [0.3, 0.4) is 0 Å². The third-order valence-corrected chi connectivity index (χ3v) is 5.31. The normalized spacial score (nSPS) is 22.3. The summed E-state index contributed by atoms with van der Waals surface area (Å²) in [4.78, 5) is 2.08. The van der Waals surface area contributed by atoms with Crippen LogP contribution in [0.2, 0.25) is 0 Å². The molecule has 106 valence electrons. The molecule has 0 aromatic heterocycles. The van der Waals surface area contributed by atoms with E-state index in [0.29, 0.717) is 25.9 Å². The zero-order valence-corrected chi connectivity index (χ0v) is 11.9. The number of likely N-dealkylation sites (tertiary alicyclic amines) is 1. The average molecular weight is 278 g/mol. The van der Waals surface area contributed by atoms with Gasteiger partial charge in [-0.2, -0.15) is 0 Å². The second-order valence-corrected chi connectivity index (χ2v) is 7.30. The summed E-state index contributed by atoms with van der Waals surface area (Å²) in [7, 11) is -1.52. The molecule has 7 nitrogen and oxygen atoms in total. The summed E-state index contributed by atoms with van der Waals surface area (Å²) in [6, 6.07) is 0. The minimum absolute atomic E-state index is 0.0696. The Morgan fingerprint density at radius 2 is 1.94 bits per heavy atom. The first kappa shape index (κ1) is 15.2. The highest BCUT2D eigenvalue weighted by molar-refractivity contribution is 7.90. The number of nitrogens with zero attached hydrogens (tertiary/aromatic N) is 2. The lowest BCUT2D eigenvalue weighted by atomic mass is 9.88.